The lowest BCUT2D eigenvalue weighted by atomic mass is 10.2. The van der Waals surface area contributed by atoms with Gasteiger partial charge in [-0.1, -0.05) is 6.07 Å². The maximum Gasteiger partial charge on any atom is 0.213 e. The molecule has 0 bridgehead atoms. The molecule has 2 rings (SSSR count). The molecule has 0 atom stereocenters. The van der Waals surface area contributed by atoms with Crippen LogP contribution in [0.4, 0.5) is 0 Å². The minimum absolute atomic E-state index is 0.656. The SMILES string of the molecule is COc1cccc(CN(C)Cc2cnn(C)c2C)n1. The first-order valence-corrected chi connectivity index (χ1v) is 6.26. The highest BCUT2D eigenvalue weighted by molar-refractivity contribution is 5.17. The van der Waals surface area contributed by atoms with Gasteiger partial charge in [-0.15, -0.1) is 0 Å². The zero-order chi connectivity index (χ0) is 13.8. The van der Waals surface area contributed by atoms with Gasteiger partial charge in [0.25, 0.3) is 0 Å². The van der Waals surface area contributed by atoms with E-state index in [-0.39, 0.29) is 0 Å². The van der Waals surface area contributed by atoms with E-state index in [1.807, 2.05) is 36.1 Å². The molecule has 5 heteroatoms. The fraction of sp³-hybridized carbons (Fsp3) is 0.429. The van der Waals surface area contributed by atoms with Crippen LogP contribution in [0.2, 0.25) is 0 Å². The molecule has 5 nitrogen and oxygen atoms in total. The Bertz CT molecular complexity index is 550. The topological polar surface area (TPSA) is 43.2 Å². The van der Waals surface area contributed by atoms with Crippen LogP contribution in [0.1, 0.15) is 17.0 Å². The molecule has 0 spiro atoms. The van der Waals surface area contributed by atoms with Gasteiger partial charge in [0.2, 0.25) is 5.88 Å². The minimum Gasteiger partial charge on any atom is -0.481 e. The normalized spacial score (nSPS) is 11.0. The molecule has 0 unspecified atom stereocenters. The molecule has 0 amide bonds. The number of nitrogens with zero attached hydrogens (tertiary/aromatic N) is 4. The second kappa shape index (κ2) is 5.84. The summed E-state index contributed by atoms with van der Waals surface area (Å²) in [6.45, 7) is 3.73. The highest BCUT2D eigenvalue weighted by Crippen LogP contribution is 2.12. The predicted molar refractivity (Wildman–Crippen MR) is 73.9 cm³/mol. The maximum absolute atomic E-state index is 5.13. The lowest BCUT2D eigenvalue weighted by Gasteiger charge is -2.16. The van der Waals surface area contributed by atoms with Crippen LogP contribution in [0.15, 0.2) is 24.4 Å². The van der Waals surface area contributed by atoms with Gasteiger partial charge >= 0.3 is 0 Å². The largest absolute Gasteiger partial charge is 0.481 e. The van der Waals surface area contributed by atoms with E-state index in [1.165, 1.54) is 11.3 Å². The van der Waals surface area contributed by atoms with Crippen molar-refractivity contribution in [1.82, 2.24) is 19.7 Å². The van der Waals surface area contributed by atoms with Gasteiger partial charge < -0.3 is 4.74 Å². The number of aromatic nitrogens is 3. The van der Waals surface area contributed by atoms with Crippen LogP contribution >= 0.6 is 0 Å². The van der Waals surface area contributed by atoms with Crippen molar-refractivity contribution in [2.75, 3.05) is 14.2 Å². The number of hydrogen-bond acceptors (Lipinski definition) is 4. The maximum atomic E-state index is 5.13. The van der Waals surface area contributed by atoms with Gasteiger partial charge in [0.05, 0.1) is 19.0 Å². The molecule has 2 heterocycles. The average molecular weight is 260 g/mol. The average Bonchev–Trinajstić information content (AvgIpc) is 2.71. The van der Waals surface area contributed by atoms with Crippen molar-refractivity contribution in [2.24, 2.45) is 7.05 Å². The Labute approximate surface area is 113 Å². The van der Waals surface area contributed by atoms with E-state index in [9.17, 15) is 0 Å². The molecule has 2 aromatic heterocycles. The molecular formula is C14H20N4O. The lowest BCUT2D eigenvalue weighted by molar-refractivity contribution is 0.311. The molecule has 0 aliphatic heterocycles. The third-order valence-corrected chi connectivity index (χ3v) is 3.20. The molecule has 0 aromatic carbocycles. The summed E-state index contributed by atoms with van der Waals surface area (Å²) in [7, 11) is 5.67. The van der Waals surface area contributed by atoms with Gasteiger partial charge in [0.15, 0.2) is 0 Å². The van der Waals surface area contributed by atoms with Crippen LogP contribution in [0.3, 0.4) is 0 Å². The Balaban J connectivity index is 2.01. The number of ether oxygens (including phenoxy) is 1. The smallest absolute Gasteiger partial charge is 0.213 e. The van der Waals surface area contributed by atoms with Crippen molar-refractivity contribution in [3.05, 3.63) is 41.3 Å². The first-order valence-electron chi connectivity index (χ1n) is 6.26. The third-order valence-electron chi connectivity index (χ3n) is 3.20. The van der Waals surface area contributed by atoms with Crippen LogP contribution in [0, 0.1) is 6.92 Å². The highest BCUT2D eigenvalue weighted by Gasteiger charge is 2.08. The Hall–Kier alpha value is -1.88. The monoisotopic (exact) mass is 260 g/mol. The molecule has 19 heavy (non-hydrogen) atoms. The third kappa shape index (κ3) is 3.32. The Morgan fingerprint density at radius 1 is 1.32 bits per heavy atom. The molecule has 2 aromatic rings. The van der Waals surface area contributed by atoms with Crippen molar-refractivity contribution in [3.63, 3.8) is 0 Å². The van der Waals surface area contributed by atoms with Gasteiger partial charge in [-0.3, -0.25) is 9.58 Å². The molecule has 0 radical (unpaired) electrons. The second-order valence-electron chi connectivity index (χ2n) is 4.72. The summed E-state index contributed by atoms with van der Waals surface area (Å²) < 4.78 is 7.03. The summed E-state index contributed by atoms with van der Waals surface area (Å²) in [5.74, 6) is 0.656. The van der Waals surface area contributed by atoms with Gasteiger partial charge in [-0.2, -0.15) is 5.10 Å². The van der Waals surface area contributed by atoms with Gasteiger partial charge in [0.1, 0.15) is 0 Å². The van der Waals surface area contributed by atoms with Gasteiger partial charge in [-0.05, 0) is 20.0 Å². The predicted octanol–water partition coefficient (Wildman–Crippen LogP) is 1.76. The van der Waals surface area contributed by atoms with Gasteiger partial charge in [-0.25, -0.2) is 4.98 Å². The first kappa shape index (κ1) is 13.5. The Kier molecular flexibility index (Phi) is 4.16. The summed E-state index contributed by atoms with van der Waals surface area (Å²) in [5, 5.41) is 4.26. The second-order valence-corrected chi connectivity index (χ2v) is 4.72. The van der Waals surface area contributed by atoms with E-state index in [0.717, 1.165) is 18.8 Å². The van der Waals surface area contributed by atoms with E-state index >= 15 is 0 Å². The van der Waals surface area contributed by atoms with Crippen LogP contribution in [-0.4, -0.2) is 33.8 Å². The molecular weight excluding hydrogens is 240 g/mol. The number of pyridine rings is 1. The number of hydrogen-bond donors (Lipinski definition) is 0. The van der Waals surface area contributed by atoms with E-state index in [4.69, 9.17) is 4.74 Å². The van der Waals surface area contributed by atoms with Crippen molar-refractivity contribution in [3.8, 4) is 5.88 Å². The van der Waals surface area contributed by atoms with Crippen molar-refractivity contribution in [1.29, 1.82) is 0 Å². The quantitative estimate of drug-likeness (QED) is 0.821. The lowest BCUT2D eigenvalue weighted by Crippen LogP contribution is -2.18. The van der Waals surface area contributed by atoms with Gasteiger partial charge in [0, 0.05) is 37.5 Å². The summed E-state index contributed by atoms with van der Waals surface area (Å²) >= 11 is 0. The molecule has 0 aliphatic rings. The zero-order valence-electron chi connectivity index (χ0n) is 11.9. The number of methoxy groups -OCH3 is 1. The Morgan fingerprint density at radius 2 is 2.11 bits per heavy atom. The van der Waals surface area contributed by atoms with Crippen molar-refractivity contribution >= 4 is 0 Å². The zero-order valence-corrected chi connectivity index (χ0v) is 11.9. The molecule has 0 aliphatic carbocycles. The summed E-state index contributed by atoms with van der Waals surface area (Å²) in [5.41, 5.74) is 3.45. The van der Waals surface area contributed by atoms with Crippen LogP contribution < -0.4 is 4.74 Å². The number of aryl methyl sites for hydroxylation is 1. The van der Waals surface area contributed by atoms with E-state index in [1.54, 1.807) is 7.11 Å². The van der Waals surface area contributed by atoms with Crippen LogP contribution in [0.5, 0.6) is 5.88 Å². The fourth-order valence-corrected chi connectivity index (χ4v) is 1.98. The molecule has 0 saturated carbocycles. The molecule has 0 saturated heterocycles. The standard InChI is InChI=1S/C14H20N4O/c1-11-12(8-15-18(11)3)9-17(2)10-13-6-5-7-14(16-13)19-4/h5-8H,9-10H2,1-4H3. The highest BCUT2D eigenvalue weighted by atomic mass is 16.5. The molecule has 0 N–H and O–H groups in total. The van der Waals surface area contributed by atoms with E-state index in [0.29, 0.717) is 5.88 Å². The summed E-state index contributed by atoms with van der Waals surface area (Å²) in [6.07, 6.45) is 1.92. The summed E-state index contributed by atoms with van der Waals surface area (Å²) in [6, 6.07) is 5.83. The summed E-state index contributed by atoms with van der Waals surface area (Å²) in [4.78, 5) is 6.63. The first-order chi connectivity index (χ1) is 9.10. The van der Waals surface area contributed by atoms with Crippen LogP contribution in [0.25, 0.3) is 0 Å². The Morgan fingerprint density at radius 3 is 2.74 bits per heavy atom. The van der Waals surface area contributed by atoms with Crippen LogP contribution in [-0.2, 0) is 20.1 Å². The van der Waals surface area contributed by atoms with E-state index < -0.39 is 0 Å². The fourth-order valence-electron chi connectivity index (χ4n) is 1.98. The molecule has 102 valence electrons. The number of rotatable bonds is 5. The van der Waals surface area contributed by atoms with Crippen molar-refractivity contribution in [2.45, 2.75) is 20.0 Å². The molecule has 0 fully saturated rings. The minimum atomic E-state index is 0.656. The van der Waals surface area contributed by atoms with Crippen molar-refractivity contribution < 1.29 is 4.74 Å². The van der Waals surface area contributed by atoms with E-state index in [2.05, 4.69) is 29.0 Å².